The number of hydrogen-bond donors (Lipinski definition) is 0. The van der Waals surface area contributed by atoms with Gasteiger partial charge in [-0.3, -0.25) is 9.05 Å². The fourth-order valence-corrected chi connectivity index (χ4v) is 3.84. The van der Waals surface area contributed by atoms with Crippen LogP contribution in [0, 0.1) is 6.92 Å². The molecular formula is C11H15ClN3O3PS. The second-order valence-corrected chi connectivity index (χ2v) is 7.13. The van der Waals surface area contributed by atoms with E-state index in [-0.39, 0.29) is 5.88 Å². The highest BCUT2D eigenvalue weighted by atomic mass is 35.5. The summed E-state index contributed by atoms with van der Waals surface area (Å²) in [5, 5.41) is 4.56. The lowest BCUT2D eigenvalue weighted by Crippen LogP contribution is -2.03. The van der Waals surface area contributed by atoms with Crippen LogP contribution < -0.4 is 4.52 Å². The smallest absolute Gasteiger partial charge is 0.381 e. The lowest BCUT2D eigenvalue weighted by molar-refractivity contribution is 0.216. The molecule has 0 spiro atoms. The van der Waals surface area contributed by atoms with Crippen molar-refractivity contribution in [1.29, 1.82) is 0 Å². The maximum Gasteiger partial charge on any atom is 0.381 e. The van der Waals surface area contributed by atoms with Gasteiger partial charge in [-0.15, -0.1) is 5.10 Å². The predicted octanol–water partition coefficient (Wildman–Crippen LogP) is 3.37. The molecule has 0 amide bonds. The van der Waals surface area contributed by atoms with E-state index in [1.54, 1.807) is 10.7 Å². The average molecular weight is 336 g/mol. The third-order valence-electron chi connectivity index (χ3n) is 2.39. The van der Waals surface area contributed by atoms with Crippen LogP contribution in [0.4, 0.5) is 0 Å². The van der Waals surface area contributed by atoms with Gasteiger partial charge in [0.25, 0.3) is 5.88 Å². The fourth-order valence-electron chi connectivity index (χ4n) is 1.58. The van der Waals surface area contributed by atoms with Crippen LogP contribution in [0.3, 0.4) is 0 Å². The molecule has 6 nitrogen and oxygen atoms in total. The zero-order valence-corrected chi connectivity index (χ0v) is 13.8. The number of aryl methyl sites for hydroxylation is 1. The van der Waals surface area contributed by atoms with Crippen LogP contribution in [0.2, 0.25) is 5.02 Å². The van der Waals surface area contributed by atoms with Crippen molar-refractivity contribution in [3.63, 3.8) is 0 Å². The zero-order chi connectivity index (χ0) is 14.8. The van der Waals surface area contributed by atoms with E-state index in [1.165, 1.54) is 0 Å². The van der Waals surface area contributed by atoms with Gasteiger partial charge in [0.2, 0.25) is 0 Å². The Morgan fingerprint density at radius 1 is 1.35 bits per heavy atom. The molecule has 2 aromatic rings. The van der Waals surface area contributed by atoms with E-state index >= 15 is 0 Å². The standard InChI is InChI=1S/C11H15ClN3O3PS/c1-4-16-19(20,17-5-2)18-11-9(12)10-13-7-6-8(3)15(10)14-11/h6-7H,4-5H2,1-3H3. The maximum atomic E-state index is 6.23. The third kappa shape index (κ3) is 3.13. The number of hydrogen-bond acceptors (Lipinski definition) is 6. The van der Waals surface area contributed by atoms with Crippen molar-refractivity contribution >= 4 is 35.8 Å². The van der Waals surface area contributed by atoms with Crippen LogP contribution >= 0.6 is 18.3 Å². The second-order valence-electron chi connectivity index (χ2n) is 3.81. The minimum atomic E-state index is -2.89. The Labute approximate surface area is 127 Å². The molecule has 0 atom stereocenters. The molecule has 0 aliphatic rings. The molecule has 0 unspecified atom stereocenters. The lowest BCUT2D eigenvalue weighted by Gasteiger charge is -2.19. The van der Waals surface area contributed by atoms with Gasteiger partial charge in [-0.05, 0) is 26.8 Å². The van der Waals surface area contributed by atoms with E-state index in [2.05, 4.69) is 10.1 Å². The van der Waals surface area contributed by atoms with Gasteiger partial charge in [0.15, 0.2) is 5.65 Å². The van der Waals surface area contributed by atoms with Crippen molar-refractivity contribution in [3.8, 4) is 5.88 Å². The van der Waals surface area contributed by atoms with Crippen molar-refractivity contribution in [2.45, 2.75) is 20.8 Å². The topological polar surface area (TPSA) is 57.9 Å². The number of halogens is 1. The van der Waals surface area contributed by atoms with Crippen molar-refractivity contribution in [3.05, 3.63) is 23.0 Å². The zero-order valence-electron chi connectivity index (χ0n) is 11.4. The molecule has 0 saturated carbocycles. The quantitative estimate of drug-likeness (QED) is 0.754. The van der Waals surface area contributed by atoms with Crippen LogP contribution in [0.1, 0.15) is 19.5 Å². The third-order valence-corrected chi connectivity index (χ3v) is 5.13. The summed E-state index contributed by atoms with van der Waals surface area (Å²) >= 11 is 11.5. The van der Waals surface area contributed by atoms with Crippen LogP contribution in [0.15, 0.2) is 12.3 Å². The van der Waals surface area contributed by atoms with Gasteiger partial charge in [-0.2, -0.15) is 0 Å². The minimum absolute atomic E-state index is 0.179. The van der Waals surface area contributed by atoms with Crippen molar-refractivity contribution < 1.29 is 13.6 Å². The van der Waals surface area contributed by atoms with Gasteiger partial charge >= 0.3 is 6.72 Å². The van der Waals surface area contributed by atoms with Crippen LogP contribution in [0.5, 0.6) is 5.88 Å². The molecule has 2 aromatic heterocycles. The molecule has 20 heavy (non-hydrogen) atoms. The Balaban J connectivity index is 2.40. The van der Waals surface area contributed by atoms with E-state index < -0.39 is 6.72 Å². The van der Waals surface area contributed by atoms with E-state index in [0.717, 1.165) is 5.69 Å². The van der Waals surface area contributed by atoms with E-state index in [4.69, 9.17) is 37.0 Å². The van der Waals surface area contributed by atoms with Gasteiger partial charge < -0.3 is 4.52 Å². The number of aromatic nitrogens is 3. The Morgan fingerprint density at radius 3 is 2.55 bits per heavy atom. The highest BCUT2D eigenvalue weighted by Gasteiger charge is 2.26. The van der Waals surface area contributed by atoms with E-state index in [1.807, 2.05) is 26.8 Å². The minimum Gasteiger partial charge on any atom is -0.402 e. The summed E-state index contributed by atoms with van der Waals surface area (Å²) in [7, 11) is 0. The number of rotatable bonds is 6. The SMILES string of the molecule is CCOP(=S)(OCC)Oc1nn2c(C)ccnc2c1Cl. The lowest BCUT2D eigenvalue weighted by atomic mass is 10.4. The van der Waals surface area contributed by atoms with Crippen molar-refractivity contribution in [2.24, 2.45) is 0 Å². The Bertz CT molecular complexity index is 654. The van der Waals surface area contributed by atoms with Gasteiger partial charge in [-0.1, -0.05) is 11.6 Å². The van der Waals surface area contributed by atoms with Gasteiger partial charge in [0, 0.05) is 23.7 Å². The number of nitrogens with zero attached hydrogens (tertiary/aromatic N) is 3. The molecule has 110 valence electrons. The highest BCUT2D eigenvalue weighted by molar-refractivity contribution is 8.07. The van der Waals surface area contributed by atoms with Crippen molar-refractivity contribution in [1.82, 2.24) is 14.6 Å². The Kier molecular flexibility index (Phi) is 4.99. The highest BCUT2D eigenvalue weighted by Crippen LogP contribution is 2.51. The summed E-state index contributed by atoms with van der Waals surface area (Å²) in [4.78, 5) is 4.17. The normalized spacial score (nSPS) is 12.0. The van der Waals surface area contributed by atoms with Crippen molar-refractivity contribution in [2.75, 3.05) is 13.2 Å². The summed E-state index contributed by atoms with van der Waals surface area (Å²) in [6.07, 6.45) is 1.66. The van der Waals surface area contributed by atoms with Crippen LogP contribution in [0.25, 0.3) is 5.65 Å². The summed E-state index contributed by atoms with van der Waals surface area (Å²) in [5.41, 5.74) is 1.39. The van der Waals surface area contributed by atoms with Crippen LogP contribution in [-0.4, -0.2) is 27.8 Å². The van der Waals surface area contributed by atoms with E-state index in [9.17, 15) is 0 Å². The molecular weight excluding hydrogens is 321 g/mol. The molecule has 0 saturated heterocycles. The van der Waals surface area contributed by atoms with Gasteiger partial charge in [0.05, 0.1) is 13.2 Å². The molecule has 0 N–H and O–H groups in total. The first-order chi connectivity index (χ1) is 9.50. The molecule has 0 radical (unpaired) electrons. The summed E-state index contributed by atoms with van der Waals surface area (Å²) < 4.78 is 18.0. The van der Waals surface area contributed by atoms with Gasteiger partial charge in [0.1, 0.15) is 5.02 Å². The predicted molar refractivity (Wildman–Crippen MR) is 80.9 cm³/mol. The molecule has 2 heterocycles. The maximum absolute atomic E-state index is 6.23. The molecule has 0 bridgehead atoms. The fraction of sp³-hybridized carbons (Fsp3) is 0.455. The molecule has 0 aliphatic carbocycles. The Hall–Kier alpha value is -0.720. The largest absolute Gasteiger partial charge is 0.402 e. The molecule has 0 aliphatic heterocycles. The molecule has 0 aromatic carbocycles. The molecule has 9 heteroatoms. The summed E-state index contributed by atoms with van der Waals surface area (Å²) in [6, 6.07) is 1.82. The first-order valence-corrected chi connectivity index (χ1v) is 9.02. The van der Waals surface area contributed by atoms with E-state index in [0.29, 0.717) is 23.9 Å². The average Bonchev–Trinajstić information content (AvgIpc) is 2.69. The number of fused-ring (bicyclic) bond motifs is 1. The molecule has 2 rings (SSSR count). The first-order valence-electron chi connectivity index (χ1n) is 6.09. The second kappa shape index (κ2) is 6.37. The van der Waals surface area contributed by atoms with Gasteiger partial charge in [-0.25, -0.2) is 9.50 Å². The monoisotopic (exact) mass is 335 g/mol. The van der Waals surface area contributed by atoms with Crippen LogP contribution in [-0.2, 0) is 20.9 Å². The summed E-state index contributed by atoms with van der Waals surface area (Å²) in [6.45, 7) is 3.42. The first kappa shape index (κ1) is 15.7. The summed E-state index contributed by atoms with van der Waals surface area (Å²) in [5.74, 6) is 0.179. The molecule has 0 fully saturated rings. The Morgan fingerprint density at radius 2 is 2.00 bits per heavy atom.